The Morgan fingerprint density at radius 2 is 1.84 bits per heavy atom. The fourth-order valence-corrected chi connectivity index (χ4v) is 6.47. The summed E-state index contributed by atoms with van der Waals surface area (Å²) in [5, 5.41) is 11.1. The number of ketones is 1. The van der Waals surface area contributed by atoms with Crippen LogP contribution in [0.25, 0.3) is 16.0 Å². The fourth-order valence-electron chi connectivity index (χ4n) is 5.11. The molecule has 1 unspecified atom stereocenters. The molecule has 37 heavy (non-hydrogen) atoms. The van der Waals surface area contributed by atoms with Crippen LogP contribution in [0.1, 0.15) is 47.2 Å². The van der Waals surface area contributed by atoms with Gasteiger partial charge < -0.3 is 14.9 Å². The molecule has 2 aromatic heterocycles. The molecule has 1 N–H and O–H groups in total. The third-order valence-corrected chi connectivity index (χ3v) is 8.77. The molecular formula is C28H29BrN4O3S. The summed E-state index contributed by atoms with van der Waals surface area (Å²) in [4.78, 5) is 37.2. The van der Waals surface area contributed by atoms with Gasteiger partial charge in [0.15, 0.2) is 10.7 Å². The summed E-state index contributed by atoms with van der Waals surface area (Å²) >= 11 is 4.76. The lowest BCUT2D eigenvalue weighted by atomic mass is 9.95. The number of aryl methyl sites for hydroxylation is 1. The number of amides is 1. The van der Waals surface area contributed by atoms with Gasteiger partial charge in [0.05, 0.1) is 27.5 Å². The highest BCUT2D eigenvalue weighted by Gasteiger charge is 2.44. The lowest BCUT2D eigenvalue weighted by Crippen LogP contribution is -2.34. The number of rotatable bonds is 9. The molecule has 9 heteroatoms. The van der Waals surface area contributed by atoms with Gasteiger partial charge in [-0.25, -0.2) is 4.98 Å². The lowest BCUT2D eigenvalue weighted by molar-refractivity contribution is -0.129. The van der Waals surface area contributed by atoms with Gasteiger partial charge in [0.1, 0.15) is 0 Å². The monoisotopic (exact) mass is 580 g/mol. The predicted molar refractivity (Wildman–Crippen MR) is 150 cm³/mol. The highest BCUT2D eigenvalue weighted by Crippen LogP contribution is 2.41. The van der Waals surface area contributed by atoms with Crippen molar-refractivity contribution in [2.75, 3.05) is 26.2 Å². The van der Waals surface area contributed by atoms with E-state index in [9.17, 15) is 14.7 Å². The number of Topliss-reactive ketones (excluding diaryl/α,β-unsaturated/α-hetero) is 1. The average molecular weight is 582 g/mol. The Hall–Kier alpha value is -3.01. The summed E-state index contributed by atoms with van der Waals surface area (Å²) in [7, 11) is 0. The zero-order valence-electron chi connectivity index (χ0n) is 21.1. The molecule has 1 aliphatic heterocycles. The molecule has 192 valence electrons. The topological polar surface area (TPSA) is 78.2 Å². The maximum absolute atomic E-state index is 14.1. The maximum Gasteiger partial charge on any atom is 0.290 e. The van der Waals surface area contributed by atoms with Gasteiger partial charge in [-0.1, -0.05) is 65.4 Å². The first-order valence-corrected chi connectivity index (χ1v) is 14.1. The van der Waals surface area contributed by atoms with Gasteiger partial charge in [-0.15, -0.1) is 0 Å². The van der Waals surface area contributed by atoms with Crippen molar-refractivity contribution in [1.29, 1.82) is 0 Å². The lowest BCUT2D eigenvalue weighted by Gasteiger charge is -2.28. The molecule has 2 aromatic carbocycles. The summed E-state index contributed by atoms with van der Waals surface area (Å²) in [6, 6.07) is 14.7. The van der Waals surface area contributed by atoms with Gasteiger partial charge >= 0.3 is 0 Å². The second-order valence-corrected chi connectivity index (χ2v) is 11.1. The first kappa shape index (κ1) is 25.6. The van der Waals surface area contributed by atoms with Crippen molar-refractivity contribution >= 4 is 55.0 Å². The number of carbonyl (C=O) groups excluding carboxylic acids is 2. The van der Waals surface area contributed by atoms with E-state index in [4.69, 9.17) is 0 Å². The number of aromatic nitrogens is 2. The van der Waals surface area contributed by atoms with Gasteiger partial charge in [0.2, 0.25) is 5.78 Å². The minimum atomic E-state index is -0.657. The number of aliphatic hydroxyl groups excluding tert-OH is 1. The molecule has 0 saturated carbocycles. The molecule has 0 fully saturated rings. The molecular weight excluding hydrogens is 552 g/mol. The summed E-state index contributed by atoms with van der Waals surface area (Å²) in [6.45, 7) is 9.25. The van der Waals surface area contributed by atoms with Gasteiger partial charge in [-0.05, 0) is 62.8 Å². The Labute approximate surface area is 228 Å². The van der Waals surface area contributed by atoms with Crippen molar-refractivity contribution in [3.63, 3.8) is 0 Å². The third kappa shape index (κ3) is 4.49. The first-order valence-electron chi connectivity index (χ1n) is 12.5. The SMILES string of the molecule is CCN(CC)CCCN1C(=O)C(O)=C(C(=O)c2sc3nc4ccccc4n3c2C)C1c1ccc(Br)cc1. The van der Waals surface area contributed by atoms with E-state index in [-0.39, 0.29) is 11.4 Å². The number of aliphatic hydroxyl groups is 1. The minimum Gasteiger partial charge on any atom is -0.503 e. The van der Waals surface area contributed by atoms with Crippen LogP contribution in [-0.2, 0) is 4.79 Å². The van der Waals surface area contributed by atoms with Crippen molar-refractivity contribution in [1.82, 2.24) is 19.2 Å². The molecule has 0 bridgehead atoms. The van der Waals surface area contributed by atoms with Gasteiger partial charge in [0.25, 0.3) is 5.91 Å². The summed E-state index contributed by atoms with van der Waals surface area (Å²) < 4.78 is 2.87. The van der Waals surface area contributed by atoms with Crippen molar-refractivity contribution in [2.24, 2.45) is 0 Å². The van der Waals surface area contributed by atoms with Crippen LogP contribution in [0.15, 0.2) is 64.3 Å². The number of nitrogens with zero attached hydrogens (tertiary/aromatic N) is 4. The zero-order valence-corrected chi connectivity index (χ0v) is 23.5. The van der Waals surface area contributed by atoms with E-state index in [1.54, 1.807) is 4.90 Å². The van der Waals surface area contributed by atoms with Crippen LogP contribution in [-0.4, -0.2) is 62.2 Å². The normalized spacial score (nSPS) is 16.2. The Bertz CT molecular complexity index is 1520. The van der Waals surface area contributed by atoms with E-state index in [0.29, 0.717) is 16.4 Å². The third-order valence-electron chi connectivity index (χ3n) is 7.10. The molecule has 0 aliphatic carbocycles. The van der Waals surface area contributed by atoms with E-state index in [0.717, 1.165) is 52.8 Å². The Morgan fingerprint density at radius 1 is 1.14 bits per heavy atom. The Morgan fingerprint density at radius 3 is 2.54 bits per heavy atom. The second-order valence-electron chi connectivity index (χ2n) is 9.16. The first-order chi connectivity index (χ1) is 17.8. The number of thiazole rings is 1. The number of benzene rings is 2. The maximum atomic E-state index is 14.1. The number of imidazole rings is 1. The molecule has 0 spiro atoms. The predicted octanol–water partition coefficient (Wildman–Crippen LogP) is 5.93. The molecule has 4 aromatic rings. The molecule has 3 heterocycles. The number of hydrogen-bond donors (Lipinski definition) is 1. The number of hydrogen-bond acceptors (Lipinski definition) is 6. The van der Waals surface area contributed by atoms with Gasteiger partial charge in [-0.2, -0.15) is 0 Å². The second kappa shape index (κ2) is 10.4. The van der Waals surface area contributed by atoms with Crippen LogP contribution in [0.2, 0.25) is 0 Å². The van der Waals surface area contributed by atoms with Crippen molar-refractivity contribution < 1.29 is 14.7 Å². The average Bonchev–Trinajstić information content (AvgIpc) is 3.51. The zero-order chi connectivity index (χ0) is 26.3. The fraction of sp³-hybridized carbons (Fsp3) is 0.321. The van der Waals surface area contributed by atoms with Crippen LogP contribution in [0.5, 0.6) is 0 Å². The minimum absolute atomic E-state index is 0.132. The smallest absolute Gasteiger partial charge is 0.290 e. The largest absolute Gasteiger partial charge is 0.503 e. The molecule has 5 rings (SSSR count). The molecule has 1 amide bonds. The number of carbonyl (C=O) groups is 2. The van der Waals surface area contributed by atoms with E-state index >= 15 is 0 Å². The van der Waals surface area contributed by atoms with E-state index in [1.165, 1.54) is 11.3 Å². The molecule has 7 nitrogen and oxygen atoms in total. The number of fused-ring (bicyclic) bond motifs is 3. The summed E-state index contributed by atoms with van der Waals surface area (Å²) in [5.41, 5.74) is 3.46. The molecule has 0 saturated heterocycles. The highest BCUT2D eigenvalue weighted by molar-refractivity contribution is 9.10. The van der Waals surface area contributed by atoms with Crippen molar-refractivity contribution in [2.45, 2.75) is 33.2 Å². The van der Waals surface area contributed by atoms with Crippen LogP contribution >= 0.6 is 27.3 Å². The van der Waals surface area contributed by atoms with Crippen molar-refractivity contribution in [3.05, 3.63) is 80.5 Å². The Kier molecular flexibility index (Phi) is 7.20. The number of para-hydroxylation sites is 2. The van der Waals surface area contributed by atoms with Crippen LogP contribution in [0.4, 0.5) is 0 Å². The standard InChI is InChI=1S/C28H29BrN4O3S/c1-4-31(5-2)15-8-16-32-23(18-11-13-19(29)14-12-18)22(25(35)27(32)36)24(34)26-17(3)33-21-10-7-6-9-20(21)30-28(33)37-26/h6-7,9-14,23,35H,4-5,8,15-16H2,1-3H3. The van der Waals surface area contributed by atoms with E-state index < -0.39 is 17.7 Å². The summed E-state index contributed by atoms with van der Waals surface area (Å²) in [6.07, 6.45) is 0.743. The Balaban J connectivity index is 1.54. The molecule has 1 atom stereocenters. The number of halogens is 1. The molecule has 0 radical (unpaired) electrons. The summed E-state index contributed by atoms with van der Waals surface area (Å²) in [5.74, 6) is -1.29. The van der Waals surface area contributed by atoms with E-state index in [2.05, 4.69) is 39.7 Å². The van der Waals surface area contributed by atoms with Gasteiger partial charge in [-0.3, -0.25) is 14.0 Å². The quantitative estimate of drug-likeness (QED) is 0.248. The van der Waals surface area contributed by atoms with Crippen LogP contribution < -0.4 is 0 Å². The van der Waals surface area contributed by atoms with Crippen LogP contribution in [0.3, 0.4) is 0 Å². The molecule has 1 aliphatic rings. The highest BCUT2D eigenvalue weighted by atomic mass is 79.9. The van der Waals surface area contributed by atoms with Crippen LogP contribution in [0, 0.1) is 6.92 Å². The van der Waals surface area contributed by atoms with Crippen molar-refractivity contribution in [3.8, 4) is 0 Å². The van der Waals surface area contributed by atoms with E-state index in [1.807, 2.05) is 59.9 Å². The van der Waals surface area contributed by atoms with Gasteiger partial charge in [0, 0.05) is 16.7 Å².